The zero-order chi connectivity index (χ0) is 11.0. The van der Waals surface area contributed by atoms with Gasteiger partial charge in [-0.3, -0.25) is 9.59 Å². The third-order valence-electron chi connectivity index (χ3n) is 2.65. The van der Waals surface area contributed by atoms with Crippen molar-refractivity contribution in [1.29, 1.82) is 0 Å². The molecule has 1 fully saturated rings. The quantitative estimate of drug-likeness (QED) is 0.578. The molecule has 3 nitrogen and oxygen atoms in total. The number of amides is 2. The van der Waals surface area contributed by atoms with E-state index < -0.39 is 0 Å². The van der Waals surface area contributed by atoms with Crippen molar-refractivity contribution < 1.29 is 9.59 Å². The highest BCUT2D eigenvalue weighted by Gasteiger charge is 2.38. The second kappa shape index (κ2) is 3.77. The monoisotopic (exact) mass is 267 g/mol. The van der Waals surface area contributed by atoms with E-state index in [2.05, 4.69) is 16.1 Å². The van der Waals surface area contributed by atoms with Crippen molar-refractivity contribution in [2.24, 2.45) is 0 Å². The van der Waals surface area contributed by atoms with Crippen LogP contribution in [0.4, 0.5) is 0 Å². The van der Waals surface area contributed by atoms with Crippen LogP contribution in [0.15, 0.2) is 24.3 Å². The van der Waals surface area contributed by atoms with Gasteiger partial charge in [-0.25, -0.2) is 3.93 Å². The van der Waals surface area contributed by atoms with E-state index >= 15 is 0 Å². The molecule has 1 atom stereocenters. The van der Waals surface area contributed by atoms with Crippen molar-refractivity contribution in [3.05, 3.63) is 35.4 Å². The lowest BCUT2D eigenvalue weighted by atomic mass is 9.94. The maximum atomic E-state index is 11.7. The Bertz CT molecular complexity index is 430. The van der Waals surface area contributed by atoms with E-state index in [0.29, 0.717) is 0 Å². The molecule has 0 aromatic heterocycles. The lowest BCUT2D eigenvalue weighted by Crippen LogP contribution is -2.19. The molecule has 1 aliphatic heterocycles. The van der Waals surface area contributed by atoms with Crippen LogP contribution in [0.2, 0.25) is 0 Å². The van der Waals surface area contributed by atoms with Gasteiger partial charge in [0.25, 0.3) is 0 Å². The summed E-state index contributed by atoms with van der Waals surface area (Å²) in [5, 5.41) is 0. The highest BCUT2D eigenvalue weighted by Crippen LogP contribution is 2.32. The van der Waals surface area contributed by atoms with Crippen LogP contribution in [0.3, 0.4) is 0 Å². The van der Waals surface area contributed by atoms with Gasteiger partial charge >= 0.3 is 0 Å². The molecule has 0 spiro atoms. The summed E-state index contributed by atoms with van der Waals surface area (Å²) < 4.78 is 1.03. The average molecular weight is 268 g/mol. The first-order chi connectivity index (χ1) is 7.11. The maximum absolute atomic E-state index is 11.7. The van der Waals surface area contributed by atoms with Gasteiger partial charge < -0.3 is 0 Å². The van der Waals surface area contributed by atoms with Crippen LogP contribution in [-0.2, 0) is 9.59 Å². The third kappa shape index (κ3) is 1.69. The van der Waals surface area contributed by atoms with E-state index in [1.54, 1.807) is 0 Å². The summed E-state index contributed by atoms with van der Waals surface area (Å²) in [5.41, 5.74) is 1.99. The number of imide groups is 1. The van der Waals surface area contributed by atoms with Crippen molar-refractivity contribution in [1.82, 2.24) is 3.93 Å². The summed E-state index contributed by atoms with van der Waals surface area (Å²) in [5.74, 6) is -0.666. The normalized spacial score (nSPS) is 21.2. The van der Waals surface area contributed by atoms with Gasteiger partial charge in [-0.15, -0.1) is 0 Å². The molecule has 1 unspecified atom stereocenters. The van der Waals surface area contributed by atoms with Gasteiger partial charge in [-0.1, -0.05) is 24.3 Å². The van der Waals surface area contributed by atoms with Crippen LogP contribution in [-0.4, -0.2) is 15.7 Å². The van der Waals surface area contributed by atoms with Crippen LogP contribution in [0.1, 0.15) is 23.5 Å². The average Bonchev–Trinajstić information content (AvgIpc) is 2.47. The Balaban J connectivity index is 2.38. The predicted octanol–water partition coefficient (Wildman–Crippen LogP) is 2.15. The fraction of sp³-hybridized carbons (Fsp3) is 0.273. The van der Waals surface area contributed by atoms with Gasteiger partial charge in [0.1, 0.15) is 0 Å². The van der Waals surface area contributed by atoms with Crippen molar-refractivity contribution >= 4 is 28.0 Å². The molecule has 2 amide bonds. The molecular weight excluding hydrogens is 258 g/mol. The Kier molecular flexibility index (Phi) is 2.61. The summed E-state index contributed by atoms with van der Waals surface area (Å²) in [4.78, 5) is 23.1. The van der Waals surface area contributed by atoms with E-state index in [0.717, 1.165) is 15.1 Å². The fourth-order valence-corrected chi connectivity index (χ4v) is 2.21. The molecule has 0 saturated carbocycles. The zero-order valence-corrected chi connectivity index (χ0v) is 9.82. The summed E-state index contributed by atoms with van der Waals surface area (Å²) in [6.07, 6.45) is 0.259. The zero-order valence-electron chi connectivity index (χ0n) is 8.24. The van der Waals surface area contributed by atoms with Crippen LogP contribution in [0.5, 0.6) is 0 Å². The van der Waals surface area contributed by atoms with Gasteiger partial charge in [0.2, 0.25) is 11.8 Å². The molecule has 4 heteroatoms. The lowest BCUT2D eigenvalue weighted by Gasteiger charge is -2.10. The Labute approximate surface area is 96.4 Å². The van der Waals surface area contributed by atoms with Crippen LogP contribution >= 0.6 is 16.1 Å². The van der Waals surface area contributed by atoms with Gasteiger partial charge in [0.15, 0.2) is 0 Å². The number of hydrogen-bond acceptors (Lipinski definition) is 2. The van der Waals surface area contributed by atoms with E-state index in [-0.39, 0.29) is 24.2 Å². The molecule has 1 saturated heterocycles. The van der Waals surface area contributed by atoms with Gasteiger partial charge in [0, 0.05) is 6.42 Å². The first-order valence-corrected chi connectivity index (χ1v) is 5.40. The van der Waals surface area contributed by atoms with Crippen molar-refractivity contribution in [2.45, 2.75) is 19.3 Å². The van der Waals surface area contributed by atoms with Gasteiger partial charge in [-0.2, -0.15) is 0 Å². The SMILES string of the molecule is Cc1ccccc1C1CC(=O)N(Br)C1=O. The first-order valence-electron chi connectivity index (χ1n) is 4.69. The van der Waals surface area contributed by atoms with Crippen molar-refractivity contribution in [2.75, 3.05) is 0 Å². The molecule has 0 radical (unpaired) electrons. The fourth-order valence-electron chi connectivity index (χ4n) is 1.82. The Morgan fingerprint density at radius 2 is 2.00 bits per heavy atom. The van der Waals surface area contributed by atoms with Crippen molar-refractivity contribution in [3.8, 4) is 0 Å². The molecular formula is C11H10BrNO2. The minimum atomic E-state index is -0.321. The third-order valence-corrected chi connectivity index (χ3v) is 3.40. The molecule has 0 aliphatic carbocycles. The van der Waals surface area contributed by atoms with Crippen LogP contribution < -0.4 is 0 Å². The Morgan fingerprint density at radius 3 is 2.53 bits per heavy atom. The molecule has 78 valence electrons. The molecule has 15 heavy (non-hydrogen) atoms. The standard InChI is InChI=1S/C11H10BrNO2/c1-7-4-2-3-5-8(7)9-6-10(14)13(12)11(9)15/h2-5,9H,6H2,1H3. The number of carbonyl (C=O) groups excluding carboxylic acids is 2. The van der Waals surface area contributed by atoms with E-state index in [4.69, 9.17) is 0 Å². The van der Waals surface area contributed by atoms with Gasteiger partial charge in [-0.05, 0) is 18.1 Å². The molecule has 1 aliphatic rings. The minimum Gasteiger partial charge on any atom is -0.273 e. The number of hydrogen-bond donors (Lipinski definition) is 0. The number of rotatable bonds is 1. The van der Waals surface area contributed by atoms with E-state index in [1.807, 2.05) is 31.2 Å². The number of halogens is 1. The molecule has 2 rings (SSSR count). The molecule has 0 bridgehead atoms. The second-order valence-electron chi connectivity index (χ2n) is 3.63. The number of carbonyl (C=O) groups is 2. The second-order valence-corrected chi connectivity index (χ2v) is 4.34. The van der Waals surface area contributed by atoms with Crippen molar-refractivity contribution in [3.63, 3.8) is 0 Å². The maximum Gasteiger partial charge on any atom is 0.247 e. The molecule has 1 aromatic rings. The molecule has 0 N–H and O–H groups in total. The first kappa shape index (κ1) is 10.4. The molecule has 1 aromatic carbocycles. The number of nitrogens with zero attached hydrogens (tertiary/aromatic N) is 1. The largest absolute Gasteiger partial charge is 0.273 e. The highest BCUT2D eigenvalue weighted by atomic mass is 79.9. The van der Waals surface area contributed by atoms with E-state index in [9.17, 15) is 9.59 Å². The Morgan fingerprint density at radius 1 is 1.33 bits per heavy atom. The summed E-state index contributed by atoms with van der Waals surface area (Å²) in [6, 6.07) is 7.66. The summed E-state index contributed by atoms with van der Waals surface area (Å²) in [7, 11) is 0. The topological polar surface area (TPSA) is 37.4 Å². The summed E-state index contributed by atoms with van der Waals surface area (Å²) in [6.45, 7) is 1.95. The molecule has 1 heterocycles. The Hall–Kier alpha value is -1.16. The number of aryl methyl sites for hydroxylation is 1. The minimum absolute atomic E-state index is 0.172. The lowest BCUT2D eigenvalue weighted by molar-refractivity contribution is -0.131. The van der Waals surface area contributed by atoms with Crippen LogP contribution in [0, 0.1) is 6.92 Å². The summed E-state index contributed by atoms with van der Waals surface area (Å²) >= 11 is 2.97. The number of benzene rings is 1. The van der Waals surface area contributed by atoms with Gasteiger partial charge in [0.05, 0.1) is 22.1 Å². The van der Waals surface area contributed by atoms with Crippen LogP contribution in [0.25, 0.3) is 0 Å². The highest BCUT2D eigenvalue weighted by molar-refractivity contribution is 9.08. The van der Waals surface area contributed by atoms with E-state index in [1.165, 1.54) is 0 Å². The predicted molar refractivity (Wildman–Crippen MR) is 59.3 cm³/mol. The smallest absolute Gasteiger partial charge is 0.247 e.